The Morgan fingerprint density at radius 1 is 0.920 bits per heavy atom. The van der Waals surface area contributed by atoms with Crippen LogP contribution in [0.2, 0.25) is 0 Å². The Morgan fingerprint density at radius 3 is 2.44 bits per heavy atom. The molecule has 4 rings (SSSR count). The number of aromatic amines is 1. The summed E-state index contributed by atoms with van der Waals surface area (Å²) in [5, 5.41) is 1.11. The number of carbonyl (C=O) groups excluding carboxylic acids is 2. The molecule has 0 spiro atoms. The molecule has 2 aliphatic heterocycles. The summed E-state index contributed by atoms with van der Waals surface area (Å²) < 4.78 is 0. The summed E-state index contributed by atoms with van der Waals surface area (Å²) in [6.45, 7) is 3.17. The van der Waals surface area contributed by atoms with Crippen LogP contribution in [0.5, 0.6) is 0 Å². The molecule has 0 saturated carbocycles. The fourth-order valence-electron chi connectivity index (χ4n) is 4.07. The van der Waals surface area contributed by atoms with Crippen LogP contribution in [0.1, 0.15) is 42.5 Å². The Morgan fingerprint density at radius 2 is 1.68 bits per heavy atom. The molecule has 2 aromatic rings. The van der Waals surface area contributed by atoms with Gasteiger partial charge in [-0.05, 0) is 55.7 Å². The molecule has 1 aromatic heterocycles. The molecule has 0 aliphatic carbocycles. The van der Waals surface area contributed by atoms with Crippen molar-refractivity contribution < 1.29 is 9.59 Å². The topological polar surface area (TPSA) is 56.4 Å². The van der Waals surface area contributed by atoms with Crippen molar-refractivity contribution in [1.82, 2.24) is 14.8 Å². The normalized spacial score (nSPS) is 19.4. The van der Waals surface area contributed by atoms with Gasteiger partial charge in [-0.3, -0.25) is 9.59 Å². The van der Waals surface area contributed by atoms with Gasteiger partial charge in [-0.2, -0.15) is 0 Å². The first-order valence-corrected chi connectivity index (χ1v) is 9.37. The molecule has 1 aromatic carbocycles. The third-order valence-corrected chi connectivity index (χ3v) is 5.60. The highest BCUT2D eigenvalue weighted by Crippen LogP contribution is 2.24. The molecule has 5 nitrogen and oxygen atoms in total. The number of benzene rings is 1. The molecule has 25 heavy (non-hydrogen) atoms. The number of rotatable bonds is 2. The van der Waals surface area contributed by atoms with E-state index >= 15 is 0 Å². The lowest BCUT2D eigenvalue weighted by molar-refractivity contribution is -0.137. The predicted octanol–water partition coefficient (Wildman–Crippen LogP) is 3.03. The molecule has 3 heterocycles. The number of H-pyrrole nitrogens is 1. The quantitative estimate of drug-likeness (QED) is 0.914. The molecule has 0 bridgehead atoms. The standard InChI is InChI=1S/C20H25N3O2/c24-19(22-10-2-1-3-11-22)16-7-12-23(13-8-16)20(25)17-5-4-15-6-9-21-18(15)14-17/h4-6,9,14,16,21H,1-3,7-8,10-13H2. The number of nitrogens with one attached hydrogen (secondary N) is 1. The van der Waals surface area contributed by atoms with Crippen molar-refractivity contribution in [2.75, 3.05) is 26.2 Å². The van der Waals surface area contributed by atoms with Crippen LogP contribution in [0.4, 0.5) is 0 Å². The predicted molar refractivity (Wildman–Crippen MR) is 97.4 cm³/mol. The van der Waals surface area contributed by atoms with E-state index in [-0.39, 0.29) is 11.8 Å². The van der Waals surface area contributed by atoms with Crippen LogP contribution >= 0.6 is 0 Å². The zero-order valence-electron chi connectivity index (χ0n) is 14.5. The van der Waals surface area contributed by atoms with Crippen molar-refractivity contribution in [2.24, 2.45) is 5.92 Å². The average molecular weight is 339 g/mol. The minimum absolute atomic E-state index is 0.0698. The molecule has 0 unspecified atom stereocenters. The molecule has 0 atom stereocenters. The highest BCUT2D eigenvalue weighted by molar-refractivity contribution is 5.98. The maximum Gasteiger partial charge on any atom is 0.253 e. The molecule has 132 valence electrons. The van der Waals surface area contributed by atoms with Crippen molar-refractivity contribution in [3.05, 3.63) is 36.0 Å². The summed E-state index contributed by atoms with van der Waals surface area (Å²) in [5.41, 5.74) is 1.71. The van der Waals surface area contributed by atoms with Gasteiger partial charge in [0.05, 0.1) is 0 Å². The van der Waals surface area contributed by atoms with Crippen LogP contribution in [0, 0.1) is 5.92 Å². The number of piperidine rings is 2. The van der Waals surface area contributed by atoms with Gasteiger partial charge in [0, 0.05) is 49.4 Å². The number of amides is 2. The van der Waals surface area contributed by atoms with Gasteiger partial charge in [-0.25, -0.2) is 0 Å². The van der Waals surface area contributed by atoms with Gasteiger partial charge in [-0.15, -0.1) is 0 Å². The van der Waals surface area contributed by atoms with Gasteiger partial charge in [0.1, 0.15) is 0 Å². The zero-order chi connectivity index (χ0) is 17.2. The maximum absolute atomic E-state index is 12.8. The summed E-state index contributed by atoms with van der Waals surface area (Å²) in [4.78, 5) is 32.5. The summed E-state index contributed by atoms with van der Waals surface area (Å²) in [6.07, 6.45) is 6.95. The Labute approximate surface area is 148 Å². The van der Waals surface area contributed by atoms with E-state index in [9.17, 15) is 9.59 Å². The van der Waals surface area contributed by atoms with Crippen molar-refractivity contribution in [1.29, 1.82) is 0 Å². The van der Waals surface area contributed by atoms with Crippen molar-refractivity contribution >= 4 is 22.7 Å². The van der Waals surface area contributed by atoms with Crippen LogP contribution in [0.15, 0.2) is 30.5 Å². The fraction of sp³-hybridized carbons (Fsp3) is 0.500. The fourth-order valence-corrected chi connectivity index (χ4v) is 4.07. The van der Waals surface area contributed by atoms with Gasteiger partial charge in [0.15, 0.2) is 0 Å². The number of hydrogen-bond acceptors (Lipinski definition) is 2. The minimum atomic E-state index is 0.0698. The molecule has 1 N–H and O–H groups in total. The minimum Gasteiger partial charge on any atom is -0.361 e. The van der Waals surface area contributed by atoms with Crippen LogP contribution < -0.4 is 0 Å². The lowest BCUT2D eigenvalue weighted by Crippen LogP contribution is -2.45. The molecule has 2 amide bonds. The average Bonchev–Trinajstić information content (AvgIpc) is 3.15. The number of hydrogen-bond donors (Lipinski definition) is 1. The molecular weight excluding hydrogens is 314 g/mol. The van der Waals surface area contributed by atoms with Gasteiger partial charge in [-0.1, -0.05) is 6.07 Å². The summed E-state index contributed by atoms with van der Waals surface area (Å²) >= 11 is 0. The van der Waals surface area contributed by atoms with Gasteiger partial charge < -0.3 is 14.8 Å². The summed E-state index contributed by atoms with van der Waals surface area (Å²) in [6, 6.07) is 7.79. The largest absolute Gasteiger partial charge is 0.361 e. The molecule has 2 saturated heterocycles. The highest BCUT2D eigenvalue weighted by Gasteiger charge is 2.31. The van der Waals surface area contributed by atoms with Crippen LogP contribution in [-0.4, -0.2) is 52.8 Å². The lowest BCUT2D eigenvalue weighted by Gasteiger charge is -2.35. The van der Waals surface area contributed by atoms with Gasteiger partial charge in [0.25, 0.3) is 5.91 Å². The number of fused-ring (bicyclic) bond motifs is 1. The monoisotopic (exact) mass is 339 g/mol. The number of nitrogens with zero attached hydrogens (tertiary/aromatic N) is 2. The first kappa shape index (κ1) is 16.2. The third-order valence-electron chi connectivity index (χ3n) is 5.60. The first-order valence-electron chi connectivity index (χ1n) is 9.37. The molecule has 0 radical (unpaired) electrons. The Balaban J connectivity index is 1.37. The third kappa shape index (κ3) is 3.28. The Hall–Kier alpha value is -2.30. The van der Waals surface area contributed by atoms with E-state index in [1.54, 1.807) is 0 Å². The summed E-state index contributed by atoms with van der Waals surface area (Å²) in [5.74, 6) is 0.466. The van der Waals surface area contributed by atoms with E-state index in [0.29, 0.717) is 19.0 Å². The number of likely N-dealkylation sites (tertiary alicyclic amines) is 2. The number of aromatic nitrogens is 1. The second-order valence-corrected chi connectivity index (χ2v) is 7.23. The van der Waals surface area contributed by atoms with E-state index in [1.165, 1.54) is 6.42 Å². The highest BCUT2D eigenvalue weighted by atomic mass is 16.2. The molecule has 5 heteroatoms. The zero-order valence-corrected chi connectivity index (χ0v) is 14.5. The van der Waals surface area contributed by atoms with E-state index in [2.05, 4.69) is 4.98 Å². The summed E-state index contributed by atoms with van der Waals surface area (Å²) in [7, 11) is 0. The Kier molecular flexibility index (Phi) is 4.47. The second kappa shape index (κ2) is 6.90. The van der Waals surface area contributed by atoms with Crippen molar-refractivity contribution in [3.8, 4) is 0 Å². The van der Waals surface area contributed by atoms with Crippen LogP contribution in [0.3, 0.4) is 0 Å². The molecular formula is C20H25N3O2. The van der Waals surface area contributed by atoms with Gasteiger partial charge in [0.2, 0.25) is 5.91 Å². The second-order valence-electron chi connectivity index (χ2n) is 7.23. The Bertz CT molecular complexity index is 768. The van der Waals surface area contributed by atoms with E-state index in [0.717, 1.165) is 55.2 Å². The SMILES string of the molecule is O=C(c1ccc2cc[nH]c2c1)N1CCC(C(=O)N2CCCCC2)CC1. The first-order chi connectivity index (χ1) is 12.2. The number of carbonyl (C=O) groups is 2. The van der Waals surface area contributed by atoms with E-state index in [4.69, 9.17) is 0 Å². The van der Waals surface area contributed by atoms with Crippen molar-refractivity contribution in [3.63, 3.8) is 0 Å². The van der Waals surface area contributed by atoms with Crippen LogP contribution in [-0.2, 0) is 4.79 Å². The van der Waals surface area contributed by atoms with E-state index in [1.807, 2.05) is 40.3 Å². The lowest BCUT2D eigenvalue weighted by atomic mass is 9.94. The van der Waals surface area contributed by atoms with E-state index < -0.39 is 0 Å². The molecule has 2 fully saturated rings. The van der Waals surface area contributed by atoms with Gasteiger partial charge >= 0.3 is 0 Å². The smallest absolute Gasteiger partial charge is 0.253 e. The van der Waals surface area contributed by atoms with Crippen molar-refractivity contribution in [2.45, 2.75) is 32.1 Å². The molecule has 2 aliphatic rings. The maximum atomic E-state index is 12.8. The van der Waals surface area contributed by atoms with Crippen LogP contribution in [0.25, 0.3) is 10.9 Å².